The number of nitrogens with zero attached hydrogens (tertiary/aromatic N) is 1. The Labute approximate surface area is 160 Å². The van der Waals surface area contributed by atoms with Gasteiger partial charge in [-0.15, -0.1) is 0 Å². The Bertz CT molecular complexity index is 1050. The van der Waals surface area contributed by atoms with E-state index in [1.165, 1.54) is 49.4 Å². The average Bonchev–Trinajstić information content (AvgIpc) is 2.69. The molecule has 0 spiro atoms. The molecule has 0 saturated heterocycles. The number of anilines is 2. The van der Waals surface area contributed by atoms with E-state index in [9.17, 15) is 23.9 Å². The molecule has 0 radical (unpaired) electrons. The summed E-state index contributed by atoms with van der Waals surface area (Å²) in [4.78, 5) is 37.9. The number of carbonyl (C=O) groups excluding carboxylic acids is 2. The Morgan fingerprint density at radius 1 is 0.857 bits per heavy atom. The van der Waals surface area contributed by atoms with Gasteiger partial charge in [-0.25, -0.2) is 9.18 Å². The van der Waals surface area contributed by atoms with Crippen molar-refractivity contribution < 1.29 is 23.9 Å². The zero-order chi connectivity index (χ0) is 20.3. The van der Waals surface area contributed by atoms with Crippen LogP contribution in [0.2, 0.25) is 0 Å². The molecule has 0 saturated carbocycles. The van der Waals surface area contributed by atoms with E-state index in [0.29, 0.717) is 11.3 Å². The van der Waals surface area contributed by atoms with E-state index in [4.69, 9.17) is 0 Å². The molecule has 3 rings (SSSR count). The third-order valence-corrected chi connectivity index (χ3v) is 4.17. The van der Waals surface area contributed by atoms with E-state index in [1.807, 2.05) is 0 Å². The fourth-order valence-corrected chi connectivity index (χ4v) is 2.88. The van der Waals surface area contributed by atoms with Gasteiger partial charge in [0.05, 0.1) is 11.3 Å². The summed E-state index contributed by atoms with van der Waals surface area (Å²) < 4.78 is 13.3. The predicted molar refractivity (Wildman–Crippen MR) is 102 cm³/mol. The zero-order valence-corrected chi connectivity index (χ0v) is 14.9. The van der Waals surface area contributed by atoms with E-state index in [-0.39, 0.29) is 22.6 Å². The Morgan fingerprint density at radius 3 is 2.07 bits per heavy atom. The van der Waals surface area contributed by atoms with E-state index < -0.39 is 17.7 Å². The molecule has 0 aliphatic heterocycles. The Morgan fingerprint density at radius 2 is 1.50 bits per heavy atom. The minimum absolute atomic E-state index is 0.0355. The van der Waals surface area contributed by atoms with E-state index in [2.05, 4.69) is 0 Å². The van der Waals surface area contributed by atoms with Crippen LogP contribution in [0.1, 0.15) is 33.2 Å². The summed E-state index contributed by atoms with van der Waals surface area (Å²) in [6, 6.07) is 17.7. The average molecular weight is 377 g/mol. The third kappa shape index (κ3) is 3.81. The maximum absolute atomic E-state index is 13.3. The molecule has 5 nitrogen and oxygen atoms in total. The van der Waals surface area contributed by atoms with Crippen LogP contribution >= 0.6 is 0 Å². The fourth-order valence-electron chi connectivity index (χ4n) is 2.88. The molecule has 28 heavy (non-hydrogen) atoms. The van der Waals surface area contributed by atoms with E-state index >= 15 is 0 Å². The molecule has 0 bridgehead atoms. The van der Waals surface area contributed by atoms with Gasteiger partial charge in [0.2, 0.25) is 5.91 Å². The van der Waals surface area contributed by atoms with E-state index in [1.54, 1.807) is 30.3 Å². The molecule has 0 aliphatic carbocycles. The normalized spacial score (nSPS) is 10.4. The van der Waals surface area contributed by atoms with Gasteiger partial charge < -0.3 is 5.11 Å². The molecule has 140 valence electrons. The highest BCUT2D eigenvalue weighted by Gasteiger charge is 2.23. The summed E-state index contributed by atoms with van der Waals surface area (Å²) in [5, 5.41) is 9.55. The number of amides is 1. The van der Waals surface area contributed by atoms with E-state index in [0.717, 1.165) is 4.90 Å². The van der Waals surface area contributed by atoms with Gasteiger partial charge in [-0.3, -0.25) is 14.5 Å². The smallest absolute Gasteiger partial charge is 0.337 e. The van der Waals surface area contributed by atoms with Gasteiger partial charge in [0, 0.05) is 23.7 Å². The molecule has 0 heterocycles. The van der Waals surface area contributed by atoms with Crippen LogP contribution in [0.3, 0.4) is 0 Å². The first-order valence-corrected chi connectivity index (χ1v) is 8.42. The first kappa shape index (κ1) is 19.0. The van der Waals surface area contributed by atoms with Crippen LogP contribution in [0.15, 0.2) is 72.8 Å². The van der Waals surface area contributed by atoms with Crippen LogP contribution in [-0.4, -0.2) is 22.8 Å². The van der Waals surface area contributed by atoms with Crippen molar-refractivity contribution >= 4 is 29.0 Å². The number of ketones is 1. The lowest BCUT2D eigenvalue weighted by molar-refractivity contribution is -0.115. The summed E-state index contributed by atoms with van der Waals surface area (Å²) in [5.74, 6) is -2.51. The summed E-state index contributed by atoms with van der Waals surface area (Å²) >= 11 is 0. The predicted octanol–water partition coefficient (Wildman–Crippen LogP) is 4.44. The molecule has 1 amide bonds. The van der Waals surface area contributed by atoms with Crippen molar-refractivity contribution in [1.29, 1.82) is 0 Å². The van der Waals surface area contributed by atoms with Crippen molar-refractivity contribution in [2.24, 2.45) is 0 Å². The zero-order valence-electron chi connectivity index (χ0n) is 14.9. The molecular weight excluding hydrogens is 361 g/mol. The van der Waals surface area contributed by atoms with Gasteiger partial charge in [0.1, 0.15) is 5.82 Å². The van der Waals surface area contributed by atoms with Crippen molar-refractivity contribution in [3.8, 4) is 0 Å². The number of rotatable bonds is 5. The van der Waals surface area contributed by atoms with Crippen molar-refractivity contribution in [2.45, 2.75) is 6.92 Å². The number of halogens is 1. The molecule has 0 aliphatic rings. The van der Waals surface area contributed by atoms with Crippen LogP contribution in [0, 0.1) is 5.82 Å². The standard InChI is InChI=1S/C22H16FNO4/c1-14(25)24(18-10-8-17(23)9-11-18)20-13-16(7-12-19(20)22(27)28)21(26)15-5-3-2-4-6-15/h2-13H,1H3,(H,27,28). The summed E-state index contributed by atoms with van der Waals surface area (Å²) in [6.45, 7) is 1.26. The van der Waals surface area contributed by atoms with Crippen LogP contribution in [0.5, 0.6) is 0 Å². The lowest BCUT2D eigenvalue weighted by Crippen LogP contribution is -2.25. The number of carbonyl (C=O) groups is 3. The number of hydrogen-bond donors (Lipinski definition) is 1. The highest BCUT2D eigenvalue weighted by atomic mass is 19.1. The topological polar surface area (TPSA) is 74.7 Å². The third-order valence-electron chi connectivity index (χ3n) is 4.17. The van der Waals surface area contributed by atoms with Gasteiger partial charge in [-0.1, -0.05) is 36.4 Å². The molecular formula is C22H16FNO4. The molecule has 3 aromatic rings. The molecule has 1 N–H and O–H groups in total. The van der Waals surface area contributed by atoms with Gasteiger partial charge in [0.25, 0.3) is 0 Å². The number of hydrogen-bond acceptors (Lipinski definition) is 3. The Kier molecular flexibility index (Phi) is 5.31. The van der Waals surface area contributed by atoms with Gasteiger partial charge in [-0.2, -0.15) is 0 Å². The molecule has 0 atom stereocenters. The quantitative estimate of drug-likeness (QED) is 0.667. The second-order valence-electron chi connectivity index (χ2n) is 6.06. The minimum atomic E-state index is -1.25. The summed E-state index contributed by atoms with van der Waals surface area (Å²) in [5.41, 5.74) is 0.852. The second-order valence-corrected chi connectivity index (χ2v) is 6.06. The first-order chi connectivity index (χ1) is 13.4. The molecule has 0 unspecified atom stereocenters. The van der Waals surface area contributed by atoms with Crippen molar-refractivity contribution in [1.82, 2.24) is 0 Å². The van der Waals surface area contributed by atoms with Crippen LogP contribution in [0.25, 0.3) is 0 Å². The van der Waals surface area contributed by atoms with Crippen LogP contribution < -0.4 is 4.90 Å². The molecule has 0 fully saturated rings. The lowest BCUT2D eigenvalue weighted by atomic mass is 10.00. The first-order valence-electron chi connectivity index (χ1n) is 8.42. The molecule has 6 heteroatoms. The maximum atomic E-state index is 13.3. The maximum Gasteiger partial charge on any atom is 0.337 e. The number of benzene rings is 3. The molecule has 3 aromatic carbocycles. The monoisotopic (exact) mass is 377 g/mol. The molecule has 0 aromatic heterocycles. The Balaban J connectivity index is 2.16. The fraction of sp³-hybridized carbons (Fsp3) is 0.0455. The second kappa shape index (κ2) is 7.84. The number of carboxylic acids is 1. The SMILES string of the molecule is CC(=O)N(c1ccc(F)cc1)c1cc(C(=O)c2ccccc2)ccc1C(=O)O. The highest BCUT2D eigenvalue weighted by Crippen LogP contribution is 2.31. The number of carboxylic acid groups (broad SMARTS) is 1. The minimum Gasteiger partial charge on any atom is -0.478 e. The van der Waals surface area contributed by atoms with Crippen molar-refractivity contribution in [3.05, 3.63) is 95.3 Å². The van der Waals surface area contributed by atoms with Crippen LogP contribution in [0.4, 0.5) is 15.8 Å². The number of aromatic carboxylic acids is 1. The van der Waals surface area contributed by atoms with Crippen molar-refractivity contribution in [3.63, 3.8) is 0 Å². The largest absolute Gasteiger partial charge is 0.478 e. The summed E-state index contributed by atoms with van der Waals surface area (Å²) in [7, 11) is 0. The van der Waals surface area contributed by atoms with Gasteiger partial charge >= 0.3 is 5.97 Å². The summed E-state index contributed by atoms with van der Waals surface area (Å²) in [6.07, 6.45) is 0. The van der Waals surface area contributed by atoms with Gasteiger partial charge in [-0.05, 0) is 36.4 Å². The van der Waals surface area contributed by atoms with Gasteiger partial charge in [0.15, 0.2) is 5.78 Å². The van der Waals surface area contributed by atoms with Crippen molar-refractivity contribution in [2.75, 3.05) is 4.90 Å². The highest BCUT2D eigenvalue weighted by molar-refractivity contribution is 6.12. The van der Waals surface area contributed by atoms with Crippen LogP contribution in [-0.2, 0) is 4.79 Å². The lowest BCUT2D eigenvalue weighted by Gasteiger charge is -2.23. The Hall–Kier alpha value is -3.80.